The number of nitrogens with one attached hydrogen (secondary N) is 1. The number of ether oxygens (including phenoxy) is 1. The second-order valence-electron chi connectivity index (χ2n) is 4.47. The van der Waals surface area contributed by atoms with Crippen LogP contribution >= 0.6 is 11.3 Å². The highest BCUT2D eigenvalue weighted by Gasteiger charge is 2.09. The molecule has 0 atom stereocenters. The van der Waals surface area contributed by atoms with Gasteiger partial charge in [0.2, 0.25) is 0 Å². The van der Waals surface area contributed by atoms with Gasteiger partial charge in [0.25, 0.3) is 5.91 Å². The molecule has 0 unspecified atom stereocenters. The highest BCUT2D eigenvalue weighted by atomic mass is 32.1. The van der Waals surface area contributed by atoms with E-state index >= 15 is 0 Å². The predicted octanol–water partition coefficient (Wildman–Crippen LogP) is 2.10. The van der Waals surface area contributed by atoms with Gasteiger partial charge in [-0.25, -0.2) is 9.78 Å². The molecule has 0 saturated carbocycles. The lowest BCUT2D eigenvalue weighted by Gasteiger charge is -2.06. The van der Waals surface area contributed by atoms with Gasteiger partial charge in [0.15, 0.2) is 6.61 Å². The number of thiazole rings is 1. The van der Waals surface area contributed by atoms with Crippen LogP contribution in [0.4, 0.5) is 0 Å². The zero-order chi connectivity index (χ0) is 15.9. The van der Waals surface area contributed by atoms with Crippen molar-refractivity contribution >= 4 is 23.2 Å². The molecule has 0 radical (unpaired) electrons. The average Bonchev–Trinajstić information content (AvgIpc) is 2.99. The van der Waals surface area contributed by atoms with Gasteiger partial charge in [0, 0.05) is 16.6 Å². The standard InChI is InChI=1S/C15H16N2O4S/c1-2-12-7-16-13(22-12)8-17-15(20)10-4-3-5-11(6-10)21-9-14(18)19/h3-7H,2,8-9H2,1H3,(H,17,20)(H,18,19). The maximum Gasteiger partial charge on any atom is 0.341 e. The minimum atomic E-state index is -1.06. The van der Waals surface area contributed by atoms with Crippen molar-refractivity contribution in [1.82, 2.24) is 10.3 Å². The summed E-state index contributed by atoms with van der Waals surface area (Å²) >= 11 is 1.57. The van der Waals surface area contributed by atoms with Gasteiger partial charge in [-0.15, -0.1) is 11.3 Å². The molecule has 0 aliphatic rings. The molecule has 1 heterocycles. The number of nitrogens with zero attached hydrogens (tertiary/aromatic N) is 1. The Hall–Kier alpha value is -2.41. The van der Waals surface area contributed by atoms with Gasteiger partial charge in [0.05, 0.1) is 6.54 Å². The molecule has 1 aromatic carbocycles. The van der Waals surface area contributed by atoms with E-state index in [0.717, 1.165) is 11.4 Å². The lowest BCUT2D eigenvalue weighted by molar-refractivity contribution is -0.139. The second kappa shape index (κ2) is 7.56. The van der Waals surface area contributed by atoms with Crippen LogP contribution in [0.5, 0.6) is 5.75 Å². The first-order valence-corrected chi connectivity index (χ1v) is 7.56. The van der Waals surface area contributed by atoms with Crippen LogP contribution in [0.1, 0.15) is 27.2 Å². The predicted molar refractivity (Wildman–Crippen MR) is 82.2 cm³/mol. The van der Waals surface area contributed by atoms with Crippen LogP contribution in [0.15, 0.2) is 30.5 Å². The largest absolute Gasteiger partial charge is 0.482 e. The van der Waals surface area contributed by atoms with Crippen molar-refractivity contribution in [3.8, 4) is 5.75 Å². The van der Waals surface area contributed by atoms with E-state index in [1.807, 2.05) is 6.20 Å². The summed E-state index contributed by atoms with van der Waals surface area (Å²) in [5.74, 6) is -0.975. The molecule has 0 fully saturated rings. The highest BCUT2D eigenvalue weighted by molar-refractivity contribution is 7.11. The molecule has 1 amide bonds. The normalized spacial score (nSPS) is 10.2. The zero-order valence-electron chi connectivity index (χ0n) is 12.0. The fourth-order valence-electron chi connectivity index (χ4n) is 1.72. The van der Waals surface area contributed by atoms with Gasteiger partial charge in [-0.3, -0.25) is 4.79 Å². The Morgan fingerprint density at radius 2 is 2.23 bits per heavy atom. The fourth-order valence-corrected chi connectivity index (χ4v) is 2.53. The number of carbonyl (C=O) groups is 2. The van der Waals surface area contributed by atoms with Gasteiger partial charge in [-0.2, -0.15) is 0 Å². The van der Waals surface area contributed by atoms with Crippen LogP contribution < -0.4 is 10.1 Å². The van der Waals surface area contributed by atoms with Crippen LogP contribution in [0.3, 0.4) is 0 Å². The number of aromatic nitrogens is 1. The molecule has 0 saturated heterocycles. The molecule has 0 aliphatic carbocycles. The summed E-state index contributed by atoms with van der Waals surface area (Å²) in [6.07, 6.45) is 2.74. The van der Waals surface area contributed by atoms with Crippen molar-refractivity contribution in [2.24, 2.45) is 0 Å². The number of aliphatic carboxylic acids is 1. The molecule has 7 heteroatoms. The molecule has 1 aromatic heterocycles. The number of aryl methyl sites for hydroxylation is 1. The van der Waals surface area contributed by atoms with Crippen LogP contribution in [-0.4, -0.2) is 28.6 Å². The van der Waals surface area contributed by atoms with Crippen molar-refractivity contribution in [2.75, 3.05) is 6.61 Å². The maximum absolute atomic E-state index is 12.1. The topological polar surface area (TPSA) is 88.5 Å². The lowest BCUT2D eigenvalue weighted by Crippen LogP contribution is -2.22. The van der Waals surface area contributed by atoms with Gasteiger partial charge in [0.1, 0.15) is 10.8 Å². The quantitative estimate of drug-likeness (QED) is 0.815. The summed E-state index contributed by atoms with van der Waals surface area (Å²) < 4.78 is 5.05. The van der Waals surface area contributed by atoms with Crippen molar-refractivity contribution in [3.63, 3.8) is 0 Å². The van der Waals surface area contributed by atoms with Crippen molar-refractivity contribution in [1.29, 1.82) is 0 Å². The first-order chi connectivity index (χ1) is 10.6. The minimum absolute atomic E-state index is 0.256. The molecule has 2 aromatic rings. The molecule has 116 valence electrons. The van der Waals surface area contributed by atoms with E-state index in [4.69, 9.17) is 9.84 Å². The van der Waals surface area contributed by atoms with E-state index in [1.54, 1.807) is 29.5 Å². The summed E-state index contributed by atoms with van der Waals surface area (Å²) in [6.45, 7) is 1.98. The summed E-state index contributed by atoms with van der Waals surface area (Å²) in [6, 6.07) is 6.40. The van der Waals surface area contributed by atoms with Crippen LogP contribution in [-0.2, 0) is 17.8 Å². The number of carboxylic acids is 1. The summed E-state index contributed by atoms with van der Waals surface area (Å²) in [5, 5.41) is 12.2. The molecule has 2 rings (SSSR count). The van der Waals surface area contributed by atoms with Crippen LogP contribution in [0, 0.1) is 0 Å². The summed E-state index contributed by atoms with van der Waals surface area (Å²) in [4.78, 5) is 28.0. The summed E-state index contributed by atoms with van der Waals surface area (Å²) in [5.41, 5.74) is 0.412. The first kappa shape index (κ1) is 16.0. The number of rotatable bonds is 7. The van der Waals surface area contributed by atoms with E-state index in [9.17, 15) is 9.59 Å². The molecular formula is C15H16N2O4S. The molecular weight excluding hydrogens is 304 g/mol. The number of hydrogen-bond donors (Lipinski definition) is 2. The number of benzene rings is 1. The number of hydrogen-bond acceptors (Lipinski definition) is 5. The second-order valence-corrected chi connectivity index (χ2v) is 5.67. The molecule has 0 bridgehead atoms. The lowest BCUT2D eigenvalue weighted by atomic mass is 10.2. The van der Waals surface area contributed by atoms with Gasteiger partial charge in [-0.05, 0) is 24.6 Å². The third kappa shape index (κ3) is 4.56. The third-order valence-corrected chi connectivity index (χ3v) is 3.95. The fraction of sp³-hybridized carbons (Fsp3) is 0.267. The third-order valence-electron chi connectivity index (χ3n) is 2.81. The first-order valence-electron chi connectivity index (χ1n) is 6.75. The van der Waals surface area contributed by atoms with Crippen molar-refractivity contribution < 1.29 is 19.4 Å². The number of amides is 1. The monoisotopic (exact) mass is 320 g/mol. The molecule has 22 heavy (non-hydrogen) atoms. The Morgan fingerprint density at radius 1 is 1.41 bits per heavy atom. The molecule has 6 nitrogen and oxygen atoms in total. The number of carbonyl (C=O) groups excluding carboxylic acids is 1. The SMILES string of the molecule is CCc1cnc(CNC(=O)c2cccc(OCC(=O)O)c2)s1. The average molecular weight is 320 g/mol. The van der Waals surface area contributed by atoms with Crippen molar-refractivity contribution in [2.45, 2.75) is 19.9 Å². The highest BCUT2D eigenvalue weighted by Crippen LogP contribution is 2.15. The Bertz CT molecular complexity index is 669. The van der Waals surface area contributed by atoms with Crippen molar-refractivity contribution in [3.05, 3.63) is 45.9 Å². The molecule has 0 aliphatic heterocycles. The molecule has 0 spiro atoms. The van der Waals surface area contributed by atoms with E-state index in [1.165, 1.54) is 10.9 Å². The van der Waals surface area contributed by atoms with Crippen LogP contribution in [0.2, 0.25) is 0 Å². The Morgan fingerprint density at radius 3 is 2.91 bits per heavy atom. The van der Waals surface area contributed by atoms with E-state index in [-0.39, 0.29) is 5.91 Å². The van der Waals surface area contributed by atoms with Gasteiger partial charge in [-0.1, -0.05) is 13.0 Å². The Balaban J connectivity index is 1.94. The van der Waals surface area contributed by atoms with E-state index in [2.05, 4.69) is 17.2 Å². The molecule has 2 N–H and O–H groups in total. The van der Waals surface area contributed by atoms with E-state index < -0.39 is 12.6 Å². The van der Waals surface area contributed by atoms with E-state index in [0.29, 0.717) is 17.9 Å². The Kier molecular flexibility index (Phi) is 5.48. The smallest absolute Gasteiger partial charge is 0.341 e. The number of carboxylic acid groups (broad SMARTS) is 1. The van der Waals surface area contributed by atoms with Gasteiger partial charge < -0.3 is 15.2 Å². The van der Waals surface area contributed by atoms with Crippen LogP contribution in [0.25, 0.3) is 0 Å². The van der Waals surface area contributed by atoms with Gasteiger partial charge >= 0.3 is 5.97 Å². The Labute approximate surface area is 131 Å². The summed E-state index contributed by atoms with van der Waals surface area (Å²) in [7, 11) is 0. The zero-order valence-corrected chi connectivity index (χ0v) is 12.9. The maximum atomic E-state index is 12.1. The minimum Gasteiger partial charge on any atom is -0.482 e.